The van der Waals surface area contributed by atoms with E-state index < -0.39 is 0 Å². The maximum absolute atomic E-state index is 12.4. The van der Waals surface area contributed by atoms with Crippen LogP contribution < -0.4 is 5.32 Å². The molecule has 3 aromatic carbocycles. The van der Waals surface area contributed by atoms with E-state index in [2.05, 4.69) is 33.5 Å². The Balaban J connectivity index is 1.44. The first-order valence-corrected chi connectivity index (χ1v) is 9.43. The van der Waals surface area contributed by atoms with Crippen molar-refractivity contribution in [3.05, 3.63) is 83.4 Å². The normalized spacial score (nSPS) is 15.6. The Morgan fingerprint density at radius 3 is 2.63 bits per heavy atom. The fourth-order valence-corrected chi connectivity index (χ4v) is 4.08. The maximum atomic E-state index is 12.4. The molecule has 0 unspecified atom stereocenters. The number of nitrogens with one attached hydrogen (secondary N) is 2. The number of rotatable bonds is 2. The minimum Gasteiger partial charge on any atom is -0.361 e. The molecule has 1 aromatic heterocycles. The van der Waals surface area contributed by atoms with E-state index in [1.807, 2.05) is 60.8 Å². The molecule has 1 aliphatic rings. The standard InChI is InChI=1S/C22H15N3OS/c26-21-20(12-15-13-23-18-10-4-3-9-17(15)18)27-22(25-21)24-19-11-5-7-14-6-1-2-8-16(14)19/h1-13,23H,(H,24,25,26)/b20-12+. The smallest absolute Gasteiger partial charge is 0.286 e. The zero-order valence-corrected chi connectivity index (χ0v) is 15.1. The Hall–Kier alpha value is -3.31. The summed E-state index contributed by atoms with van der Waals surface area (Å²) in [5, 5.41) is 7.24. The Kier molecular flexibility index (Phi) is 3.80. The molecule has 5 heteroatoms. The highest BCUT2D eigenvalue weighted by Crippen LogP contribution is 2.32. The Morgan fingerprint density at radius 2 is 1.70 bits per heavy atom. The van der Waals surface area contributed by atoms with Gasteiger partial charge in [-0.1, -0.05) is 54.6 Å². The lowest BCUT2D eigenvalue weighted by molar-refractivity contribution is -0.113. The predicted octanol–water partition coefficient (Wildman–Crippen LogP) is 5.40. The molecule has 0 radical (unpaired) electrons. The molecule has 5 rings (SSSR count). The fourth-order valence-electron chi connectivity index (χ4n) is 3.27. The lowest BCUT2D eigenvalue weighted by Gasteiger charge is -2.08. The van der Waals surface area contributed by atoms with Gasteiger partial charge in [-0.25, -0.2) is 0 Å². The Bertz CT molecular complexity index is 1250. The maximum Gasteiger partial charge on any atom is 0.286 e. The third kappa shape index (κ3) is 2.92. The van der Waals surface area contributed by atoms with Crippen molar-refractivity contribution in [2.24, 2.45) is 4.99 Å². The molecule has 4 nitrogen and oxygen atoms in total. The van der Waals surface area contributed by atoms with Gasteiger partial charge in [-0.15, -0.1) is 0 Å². The number of hydrogen-bond acceptors (Lipinski definition) is 3. The van der Waals surface area contributed by atoms with Gasteiger partial charge in [-0.05, 0) is 35.4 Å². The zero-order valence-electron chi connectivity index (χ0n) is 14.3. The first-order chi connectivity index (χ1) is 13.3. The number of fused-ring (bicyclic) bond motifs is 2. The van der Waals surface area contributed by atoms with Crippen LogP contribution >= 0.6 is 11.8 Å². The molecule has 4 aromatic rings. The van der Waals surface area contributed by atoms with Crippen molar-refractivity contribution in [3.8, 4) is 0 Å². The number of benzene rings is 3. The van der Waals surface area contributed by atoms with Gasteiger partial charge in [0.1, 0.15) is 0 Å². The van der Waals surface area contributed by atoms with Crippen molar-refractivity contribution in [1.82, 2.24) is 4.98 Å². The molecule has 0 fully saturated rings. The second kappa shape index (κ2) is 6.45. The number of thioether (sulfide) groups is 1. The summed E-state index contributed by atoms with van der Waals surface area (Å²) in [5.74, 6) is -0.215. The summed E-state index contributed by atoms with van der Waals surface area (Å²) in [6, 6.07) is 22.2. The third-order valence-electron chi connectivity index (χ3n) is 4.56. The highest BCUT2D eigenvalue weighted by atomic mass is 32.2. The van der Waals surface area contributed by atoms with E-state index >= 15 is 0 Å². The number of H-pyrrole nitrogens is 1. The molecular weight excluding hydrogens is 354 g/mol. The number of amides is 1. The summed E-state index contributed by atoms with van der Waals surface area (Å²) in [6.07, 6.45) is 3.81. The predicted molar refractivity (Wildman–Crippen MR) is 114 cm³/mol. The molecule has 2 heterocycles. The van der Waals surface area contributed by atoms with E-state index in [0.29, 0.717) is 10.1 Å². The third-order valence-corrected chi connectivity index (χ3v) is 5.46. The summed E-state index contributed by atoms with van der Waals surface area (Å²) in [6.45, 7) is 0. The minimum atomic E-state index is -0.215. The van der Waals surface area contributed by atoms with Crippen LogP contribution in [-0.4, -0.2) is 16.1 Å². The van der Waals surface area contributed by atoms with Crippen LogP contribution in [0.1, 0.15) is 5.56 Å². The van der Waals surface area contributed by atoms with E-state index in [1.54, 1.807) is 0 Å². The number of anilines is 1. The number of carbonyl (C=O) groups excluding carboxylic acids is 1. The van der Waals surface area contributed by atoms with Crippen LogP contribution in [0.5, 0.6) is 0 Å². The second-order valence-corrected chi connectivity index (χ2v) is 7.30. The molecule has 2 N–H and O–H groups in total. The number of aromatic nitrogens is 1. The SMILES string of the molecule is O=C1N=C(Nc2cccc3ccccc23)S/C1=C/c1c[nH]c2ccccc12. The number of carbonyl (C=O) groups is 1. The highest BCUT2D eigenvalue weighted by Gasteiger charge is 2.22. The minimum absolute atomic E-state index is 0.215. The summed E-state index contributed by atoms with van der Waals surface area (Å²) in [5.41, 5.74) is 2.98. The van der Waals surface area contributed by atoms with Gasteiger partial charge in [-0.3, -0.25) is 4.79 Å². The van der Waals surface area contributed by atoms with Gasteiger partial charge in [0.25, 0.3) is 5.91 Å². The first-order valence-electron chi connectivity index (χ1n) is 8.61. The summed E-state index contributed by atoms with van der Waals surface area (Å²) < 4.78 is 0. The van der Waals surface area contributed by atoms with E-state index in [-0.39, 0.29) is 5.91 Å². The van der Waals surface area contributed by atoms with Crippen LogP contribution in [0.2, 0.25) is 0 Å². The molecule has 0 atom stereocenters. The molecule has 130 valence electrons. The van der Waals surface area contributed by atoms with Crippen molar-refractivity contribution in [3.63, 3.8) is 0 Å². The Morgan fingerprint density at radius 1 is 0.926 bits per heavy atom. The van der Waals surface area contributed by atoms with E-state index in [4.69, 9.17) is 0 Å². The van der Waals surface area contributed by atoms with Gasteiger partial charge in [0.15, 0.2) is 5.17 Å². The van der Waals surface area contributed by atoms with Crippen LogP contribution in [0.25, 0.3) is 27.8 Å². The molecule has 27 heavy (non-hydrogen) atoms. The molecule has 0 bridgehead atoms. The van der Waals surface area contributed by atoms with Crippen LogP contribution in [0.4, 0.5) is 5.69 Å². The van der Waals surface area contributed by atoms with Crippen LogP contribution in [0.3, 0.4) is 0 Å². The quantitative estimate of drug-likeness (QED) is 0.465. The van der Waals surface area contributed by atoms with E-state index in [1.165, 1.54) is 11.8 Å². The number of hydrogen-bond donors (Lipinski definition) is 2. The van der Waals surface area contributed by atoms with Gasteiger partial charge >= 0.3 is 0 Å². The van der Waals surface area contributed by atoms with Crippen LogP contribution in [0, 0.1) is 0 Å². The van der Waals surface area contributed by atoms with Gasteiger partial charge in [0.05, 0.1) is 4.91 Å². The molecule has 0 aliphatic carbocycles. The molecule has 0 spiro atoms. The molecule has 0 saturated heterocycles. The zero-order chi connectivity index (χ0) is 18.2. The lowest BCUT2D eigenvalue weighted by atomic mass is 10.1. The van der Waals surface area contributed by atoms with Crippen molar-refractivity contribution >= 4 is 56.3 Å². The average molecular weight is 369 g/mol. The van der Waals surface area contributed by atoms with E-state index in [9.17, 15) is 4.79 Å². The van der Waals surface area contributed by atoms with Gasteiger partial charge < -0.3 is 10.3 Å². The van der Waals surface area contributed by atoms with Crippen molar-refractivity contribution in [1.29, 1.82) is 0 Å². The summed E-state index contributed by atoms with van der Waals surface area (Å²) >= 11 is 1.37. The average Bonchev–Trinajstić information content (AvgIpc) is 3.26. The van der Waals surface area contributed by atoms with Crippen LogP contribution in [0.15, 0.2) is 82.8 Å². The summed E-state index contributed by atoms with van der Waals surface area (Å²) in [4.78, 5) is 20.4. The molecule has 0 saturated carbocycles. The van der Waals surface area contributed by atoms with Gasteiger partial charge in [0.2, 0.25) is 0 Å². The summed E-state index contributed by atoms with van der Waals surface area (Å²) in [7, 11) is 0. The largest absolute Gasteiger partial charge is 0.361 e. The monoisotopic (exact) mass is 369 g/mol. The number of aliphatic imine (C=N–C) groups is 1. The second-order valence-electron chi connectivity index (χ2n) is 6.27. The van der Waals surface area contributed by atoms with Gasteiger partial charge in [0, 0.05) is 33.7 Å². The first kappa shape index (κ1) is 15.9. The number of para-hydroxylation sites is 1. The van der Waals surface area contributed by atoms with Gasteiger partial charge in [-0.2, -0.15) is 4.99 Å². The molecule has 1 aliphatic heterocycles. The molecular formula is C22H15N3OS. The number of nitrogens with zero attached hydrogens (tertiary/aromatic N) is 1. The highest BCUT2D eigenvalue weighted by molar-refractivity contribution is 8.18. The van der Waals surface area contributed by atoms with Crippen LogP contribution in [-0.2, 0) is 4.79 Å². The Labute approximate surface area is 160 Å². The van der Waals surface area contributed by atoms with E-state index in [0.717, 1.165) is 32.9 Å². The number of amidine groups is 1. The fraction of sp³-hybridized carbons (Fsp3) is 0. The van der Waals surface area contributed by atoms with Crippen molar-refractivity contribution in [2.45, 2.75) is 0 Å². The number of aromatic amines is 1. The lowest BCUT2D eigenvalue weighted by Crippen LogP contribution is -2.05. The molecule has 1 amide bonds. The topological polar surface area (TPSA) is 57.2 Å². The van der Waals surface area contributed by atoms with Crippen molar-refractivity contribution < 1.29 is 4.79 Å². The van der Waals surface area contributed by atoms with Crippen molar-refractivity contribution in [2.75, 3.05) is 5.32 Å².